The Bertz CT molecular complexity index is 807. The van der Waals surface area contributed by atoms with Gasteiger partial charge in [0.2, 0.25) is 0 Å². The van der Waals surface area contributed by atoms with Crippen molar-refractivity contribution in [1.82, 2.24) is 10.3 Å². The Morgan fingerprint density at radius 2 is 2.00 bits per heavy atom. The van der Waals surface area contributed by atoms with Gasteiger partial charge in [0.05, 0.1) is 10.0 Å². The molecule has 0 amide bonds. The summed E-state index contributed by atoms with van der Waals surface area (Å²) in [5.74, 6) is 0. The molecule has 0 aliphatic heterocycles. The smallest absolute Gasteiger partial charge is 0.0598 e. The molecule has 0 unspecified atom stereocenters. The number of rotatable bonds is 7. The topological polar surface area (TPSA) is 37.3 Å². The summed E-state index contributed by atoms with van der Waals surface area (Å²) >= 11 is 12.2. The fourth-order valence-electron chi connectivity index (χ4n) is 3.06. The van der Waals surface area contributed by atoms with Crippen molar-refractivity contribution in [2.75, 3.05) is 7.05 Å². The van der Waals surface area contributed by atoms with Crippen molar-refractivity contribution in [3.8, 4) is 0 Å². The molecule has 5 heteroatoms. The lowest BCUT2D eigenvalue weighted by Gasteiger charge is -2.24. The summed E-state index contributed by atoms with van der Waals surface area (Å²) < 4.78 is 0. The number of hydrogen-bond donors (Lipinski definition) is 1. The third-order valence-corrected chi connectivity index (χ3v) is 5.49. The molecule has 1 fully saturated rings. The van der Waals surface area contributed by atoms with E-state index in [4.69, 9.17) is 23.2 Å². The second-order valence-corrected chi connectivity index (χ2v) is 7.26. The number of aromatic nitrogens is 1. The Hall–Kier alpha value is -1.84. The molecule has 136 valence electrons. The fraction of sp³-hybridized carbons (Fsp3) is 0.333. The maximum Gasteiger partial charge on any atom is 0.0598 e. The molecular formula is C21H23Cl2N3. The predicted molar refractivity (Wildman–Crippen MR) is 110 cm³/mol. The van der Waals surface area contributed by atoms with Crippen molar-refractivity contribution in [3.05, 3.63) is 75.2 Å². The first-order chi connectivity index (χ1) is 12.7. The monoisotopic (exact) mass is 387 g/mol. The van der Waals surface area contributed by atoms with Gasteiger partial charge in [-0.25, -0.2) is 0 Å². The van der Waals surface area contributed by atoms with Gasteiger partial charge in [-0.15, -0.1) is 0 Å². The van der Waals surface area contributed by atoms with Crippen LogP contribution in [0.25, 0.3) is 0 Å². The van der Waals surface area contributed by atoms with E-state index in [0.29, 0.717) is 10.0 Å². The largest absolute Gasteiger partial charge is 0.384 e. The average molecular weight is 388 g/mol. The third kappa shape index (κ3) is 4.87. The normalized spacial score (nSPS) is 14.1. The first kappa shape index (κ1) is 18.9. The summed E-state index contributed by atoms with van der Waals surface area (Å²) in [6.07, 6.45) is 9.20. The van der Waals surface area contributed by atoms with Crippen LogP contribution in [0.15, 0.2) is 59.0 Å². The number of allylic oxidation sites excluding steroid dienone is 2. The van der Waals surface area contributed by atoms with Crippen LogP contribution in [0.4, 0.5) is 0 Å². The second kappa shape index (κ2) is 9.20. The van der Waals surface area contributed by atoms with E-state index in [1.165, 1.54) is 30.5 Å². The Morgan fingerprint density at radius 3 is 2.62 bits per heavy atom. The number of halogens is 2. The van der Waals surface area contributed by atoms with Gasteiger partial charge in [0.15, 0.2) is 0 Å². The van der Waals surface area contributed by atoms with Crippen LogP contribution in [0, 0.1) is 0 Å². The third-order valence-electron chi connectivity index (χ3n) is 4.75. The summed E-state index contributed by atoms with van der Waals surface area (Å²) in [5.41, 5.74) is 6.16. The zero-order valence-electron chi connectivity index (χ0n) is 14.9. The molecule has 1 saturated carbocycles. The van der Waals surface area contributed by atoms with Gasteiger partial charge in [-0.3, -0.25) is 9.98 Å². The highest BCUT2D eigenvalue weighted by Crippen LogP contribution is 2.30. The highest BCUT2D eigenvalue weighted by Gasteiger charge is 2.16. The van der Waals surface area contributed by atoms with E-state index >= 15 is 0 Å². The standard InChI is InChI=1S/C21H23Cl2N3/c1-24-20(17-7-8-18(22)19(23)12-17)9-10-21(16-5-2-6-16)26-14-15-4-3-11-25-13-15/h3-4,7-8,11-13,26H,2,5-6,9-10,14H2,1H3. The lowest BCUT2D eigenvalue weighted by molar-refractivity contribution is 0.611. The van der Waals surface area contributed by atoms with Gasteiger partial charge in [-0.1, -0.05) is 40.9 Å². The fourth-order valence-corrected chi connectivity index (χ4v) is 3.36. The summed E-state index contributed by atoms with van der Waals surface area (Å²) in [7, 11) is 1.83. The van der Waals surface area contributed by atoms with Crippen molar-refractivity contribution in [3.63, 3.8) is 0 Å². The second-order valence-electron chi connectivity index (χ2n) is 6.45. The van der Waals surface area contributed by atoms with Gasteiger partial charge in [0.1, 0.15) is 0 Å². The Labute approximate surface area is 165 Å². The number of benzene rings is 1. The molecule has 1 aliphatic carbocycles. The maximum absolute atomic E-state index is 6.16. The van der Waals surface area contributed by atoms with Crippen LogP contribution in [-0.4, -0.2) is 17.7 Å². The van der Waals surface area contributed by atoms with Crippen LogP contribution in [0.3, 0.4) is 0 Å². The van der Waals surface area contributed by atoms with E-state index in [2.05, 4.69) is 21.4 Å². The van der Waals surface area contributed by atoms with Crippen LogP contribution in [0.5, 0.6) is 0 Å². The van der Waals surface area contributed by atoms with E-state index in [0.717, 1.165) is 30.7 Å². The lowest BCUT2D eigenvalue weighted by atomic mass is 9.88. The van der Waals surface area contributed by atoms with Gasteiger partial charge in [0, 0.05) is 37.4 Å². The first-order valence-electron chi connectivity index (χ1n) is 8.92. The molecule has 3 nitrogen and oxygen atoms in total. The Morgan fingerprint density at radius 1 is 1.15 bits per heavy atom. The van der Waals surface area contributed by atoms with E-state index in [9.17, 15) is 0 Å². The molecule has 26 heavy (non-hydrogen) atoms. The quantitative estimate of drug-likeness (QED) is 0.608. The molecule has 0 bridgehead atoms. The van der Waals surface area contributed by atoms with Gasteiger partial charge in [0.25, 0.3) is 0 Å². The Balaban J connectivity index is 1.66. The molecule has 0 saturated heterocycles. The molecule has 0 radical (unpaired) electrons. The van der Waals surface area contributed by atoms with Crippen molar-refractivity contribution in [2.45, 2.75) is 38.6 Å². The van der Waals surface area contributed by atoms with Crippen LogP contribution in [0.2, 0.25) is 10.0 Å². The molecule has 3 rings (SSSR count). The van der Waals surface area contributed by atoms with E-state index in [1.807, 2.05) is 37.5 Å². The molecule has 2 aromatic rings. The molecule has 1 heterocycles. The highest BCUT2D eigenvalue weighted by molar-refractivity contribution is 6.42. The average Bonchev–Trinajstić information content (AvgIpc) is 2.62. The Kier molecular flexibility index (Phi) is 6.70. The number of pyridine rings is 1. The van der Waals surface area contributed by atoms with Crippen molar-refractivity contribution >= 4 is 28.9 Å². The summed E-state index contributed by atoms with van der Waals surface area (Å²) in [6, 6.07) is 9.77. The number of nitrogens with zero attached hydrogens (tertiary/aromatic N) is 2. The molecule has 1 aromatic heterocycles. The lowest BCUT2D eigenvalue weighted by Crippen LogP contribution is -2.19. The number of nitrogens with one attached hydrogen (secondary N) is 1. The zero-order valence-corrected chi connectivity index (χ0v) is 16.4. The summed E-state index contributed by atoms with van der Waals surface area (Å²) in [6.45, 7) is 0.804. The van der Waals surface area contributed by atoms with E-state index in [-0.39, 0.29) is 0 Å². The van der Waals surface area contributed by atoms with E-state index in [1.54, 1.807) is 11.8 Å². The molecule has 0 spiro atoms. The van der Waals surface area contributed by atoms with Gasteiger partial charge < -0.3 is 5.32 Å². The van der Waals surface area contributed by atoms with Crippen molar-refractivity contribution in [2.24, 2.45) is 4.99 Å². The SMILES string of the molecule is CN=C(CCC(NCc1cccnc1)=C1CCC1)c1ccc(Cl)c(Cl)c1. The zero-order chi connectivity index (χ0) is 18.4. The molecular weight excluding hydrogens is 365 g/mol. The minimum Gasteiger partial charge on any atom is -0.384 e. The van der Waals surface area contributed by atoms with E-state index < -0.39 is 0 Å². The molecule has 1 aromatic carbocycles. The van der Waals surface area contributed by atoms with Crippen molar-refractivity contribution in [1.29, 1.82) is 0 Å². The van der Waals surface area contributed by atoms with Crippen LogP contribution < -0.4 is 5.32 Å². The predicted octanol–water partition coefficient (Wildman–Crippen LogP) is 5.82. The minimum absolute atomic E-state index is 0.567. The summed E-state index contributed by atoms with van der Waals surface area (Å²) in [4.78, 5) is 8.66. The maximum atomic E-state index is 6.16. The number of hydrogen-bond acceptors (Lipinski definition) is 3. The number of aliphatic imine (C=N–C) groups is 1. The van der Waals surface area contributed by atoms with Gasteiger partial charge in [-0.05, 0) is 61.4 Å². The van der Waals surface area contributed by atoms with Crippen molar-refractivity contribution < 1.29 is 0 Å². The highest BCUT2D eigenvalue weighted by atomic mass is 35.5. The summed E-state index contributed by atoms with van der Waals surface area (Å²) in [5, 5.41) is 4.76. The minimum atomic E-state index is 0.567. The van der Waals surface area contributed by atoms with Crippen LogP contribution in [0.1, 0.15) is 43.2 Å². The van der Waals surface area contributed by atoms with Crippen LogP contribution >= 0.6 is 23.2 Å². The molecule has 1 N–H and O–H groups in total. The van der Waals surface area contributed by atoms with Gasteiger partial charge in [-0.2, -0.15) is 0 Å². The molecule has 1 aliphatic rings. The van der Waals surface area contributed by atoms with Crippen LogP contribution in [-0.2, 0) is 6.54 Å². The first-order valence-corrected chi connectivity index (χ1v) is 9.67. The molecule has 0 atom stereocenters. The van der Waals surface area contributed by atoms with Gasteiger partial charge >= 0.3 is 0 Å².